The number of hydrogen-bond donors (Lipinski definition) is 3. The predicted molar refractivity (Wildman–Crippen MR) is 77.6 cm³/mol. The van der Waals surface area contributed by atoms with Gasteiger partial charge in [0.2, 0.25) is 0 Å². The van der Waals surface area contributed by atoms with Crippen molar-refractivity contribution in [2.75, 3.05) is 18.2 Å². The van der Waals surface area contributed by atoms with Crippen LogP contribution in [0.1, 0.15) is 34.7 Å². The number of rotatable bonds is 4. The molecule has 0 radical (unpaired) electrons. The number of hydrogen-bond acceptors (Lipinski definition) is 5. The SMILES string of the molecule is COC(=O)c1cc(NC(C)c2ncc[nH]2)cc(C)c1N. The van der Waals surface area contributed by atoms with Gasteiger partial charge in [0.15, 0.2) is 0 Å². The van der Waals surface area contributed by atoms with Gasteiger partial charge >= 0.3 is 5.97 Å². The summed E-state index contributed by atoms with van der Waals surface area (Å²) < 4.78 is 4.74. The van der Waals surface area contributed by atoms with E-state index >= 15 is 0 Å². The van der Waals surface area contributed by atoms with Crippen LogP contribution in [-0.4, -0.2) is 23.0 Å². The highest BCUT2D eigenvalue weighted by molar-refractivity contribution is 5.97. The van der Waals surface area contributed by atoms with E-state index in [9.17, 15) is 4.79 Å². The van der Waals surface area contributed by atoms with E-state index in [-0.39, 0.29) is 6.04 Å². The van der Waals surface area contributed by atoms with Gasteiger partial charge in [0.1, 0.15) is 5.82 Å². The summed E-state index contributed by atoms with van der Waals surface area (Å²) in [5.74, 6) is 0.374. The molecular weight excluding hydrogens is 256 g/mol. The van der Waals surface area contributed by atoms with Crippen molar-refractivity contribution in [3.05, 3.63) is 41.5 Å². The van der Waals surface area contributed by atoms with Gasteiger partial charge < -0.3 is 20.8 Å². The molecule has 0 amide bonds. The molecule has 0 spiro atoms. The van der Waals surface area contributed by atoms with Crippen molar-refractivity contribution in [2.45, 2.75) is 19.9 Å². The summed E-state index contributed by atoms with van der Waals surface area (Å²) in [6.07, 6.45) is 3.46. The fourth-order valence-corrected chi connectivity index (χ4v) is 1.99. The zero-order valence-electron chi connectivity index (χ0n) is 11.7. The number of benzene rings is 1. The highest BCUT2D eigenvalue weighted by Gasteiger charge is 2.15. The molecule has 6 nitrogen and oxygen atoms in total. The molecule has 1 unspecified atom stereocenters. The number of aromatic nitrogens is 2. The second-order valence-corrected chi connectivity index (χ2v) is 4.59. The molecule has 0 aliphatic heterocycles. The molecular formula is C14H18N4O2. The van der Waals surface area contributed by atoms with Crippen LogP contribution in [0.2, 0.25) is 0 Å². The first-order valence-corrected chi connectivity index (χ1v) is 6.27. The smallest absolute Gasteiger partial charge is 0.340 e. The number of esters is 1. The van der Waals surface area contributed by atoms with Crippen LogP contribution in [0.25, 0.3) is 0 Å². The summed E-state index contributed by atoms with van der Waals surface area (Å²) in [4.78, 5) is 18.9. The average Bonchev–Trinajstić information content (AvgIpc) is 2.96. The lowest BCUT2D eigenvalue weighted by atomic mass is 10.1. The first kappa shape index (κ1) is 13.9. The van der Waals surface area contributed by atoms with Gasteiger partial charge in [0, 0.05) is 23.8 Å². The number of carbonyl (C=O) groups excluding carboxylic acids is 1. The Balaban J connectivity index is 2.29. The van der Waals surface area contributed by atoms with E-state index in [1.807, 2.05) is 19.9 Å². The molecule has 106 valence electrons. The highest BCUT2D eigenvalue weighted by atomic mass is 16.5. The van der Waals surface area contributed by atoms with E-state index in [4.69, 9.17) is 10.5 Å². The van der Waals surface area contributed by atoms with Crippen LogP contribution in [0.3, 0.4) is 0 Å². The summed E-state index contributed by atoms with van der Waals surface area (Å²) in [6.45, 7) is 3.83. The Morgan fingerprint density at radius 3 is 2.85 bits per heavy atom. The van der Waals surface area contributed by atoms with Gasteiger partial charge in [-0.15, -0.1) is 0 Å². The Morgan fingerprint density at radius 1 is 1.50 bits per heavy atom. The van der Waals surface area contributed by atoms with Crippen LogP contribution in [0, 0.1) is 6.92 Å². The summed E-state index contributed by atoms with van der Waals surface area (Å²) >= 11 is 0. The van der Waals surface area contributed by atoms with E-state index in [2.05, 4.69) is 15.3 Å². The van der Waals surface area contributed by atoms with Crippen molar-refractivity contribution < 1.29 is 9.53 Å². The third kappa shape index (κ3) is 2.74. The third-order valence-corrected chi connectivity index (χ3v) is 3.10. The minimum Gasteiger partial charge on any atom is -0.465 e. The molecule has 1 atom stereocenters. The summed E-state index contributed by atoms with van der Waals surface area (Å²) in [7, 11) is 1.34. The Labute approximate surface area is 117 Å². The number of aromatic amines is 1. The van der Waals surface area contributed by atoms with Gasteiger partial charge in [-0.25, -0.2) is 9.78 Å². The van der Waals surface area contributed by atoms with Gasteiger partial charge in [0.25, 0.3) is 0 Å². The van der Waals surface area contributed by atoms with Crippen molar-refractivity contribution >= 4 is 17.3 Å². The normalized spacial score (nSPS) is 11.9. The van der Waals surface area contributed by atoms with Crippen molar-refractivity contribution in [3.8, 4) is 0 Å². The number of ether oxygens (including phenoxy) is 1. The molecule has 1 aromatic carbocycles. The maximum Gasteiger partial charge on any atom is 0.340 e. The molecule has 2 rings (SSSR count). The van der Waals surface area contributed by atoms with Crippen LogP contribution in [-0.2, 0) is 4.74 Å². The molecule has 0 aliphatic carbocycles. The number of aryl methyl sites for hydroxylation is 1. The molecule has 0 aliphatic rings. The lowest BCUT2D eigenvalue weighted by Crippen LogP contribution is -2.12. The molecule has 0 fully saturated rings. The number of imidazole rings is 1. The maximum atomic E-state index is 11.7. The van der Waals surface area contributed by atoms with Crippen molar-refractivity contribution in [1.82, 2.24) is 9.97 Å². The predicted octanol–water partition coefficient (Wildman–Crippen LogP) is 2.26. The number of nitrogens with one attached hydrogen (secondary N) is 2. The topological polar surface area (TPSA) is 93.0 Å². The van der Waals surface area contributed by atoms with Crippen molar-refractivity contribution in [2.24, 2.45) is 0 Å². The van der Waals surface area contributed by atoms with E-state index in [0.717, 1.165) is 17.1 Å². The van der Waals surface area contributed by atoms with Gasteiger partial charge in [-0.3, -0.25) is 0 Å². The van der Waals surface area contributed by atoms with E-state index in [1.54, 1.807) is 18.5 Å². The second kappa shape index (κ2) is 5.64. The average molecular weight is 274 g/mol. The number of carbonyl (C=O) groups is 1. The number of nitrogen functional groups attached to an aromatic ring is 1. The molecule has 2 aromatic rings. The zero-order valence-corrected chi connectivity index (χ0v) is 11.7. The second-order valence-electron chi connectivity index (χ2n) is 4.59. The Morgan fingerprint density at radius 2 is 2.25 bits per heavy atom. The fraction of sp³-hybridized carbons (Fsp3) is 0.286. The van der Waals surface area contributed by atoms with Crippen LogP contribution in [0.5, 0.6) is 0 Å². The summed E-state index contributed by atoms with van der Waals surface area (Å²) in [5, 5.41) is 3.27. The summed E-state index contributed by atoms with van der Waals surface area (Å²) in [5.41, 5.74) is 8.32. The molecule has 1 heterocycles. The number of anilines is 2. The monoisotopic (exact) mass is 274 g/mol. The lowest BCUT2D eigenvalue weighted by molar-refractivity contribution is 0.0602. The lowest BCUT2D eigenvalue weighted by Gasteiger charge is -2.16. The van der Waals surface area contributed by atoms with E-state index < -0.39 is 5.97 Å². The summed E-state index contributed by atoms with van der Waals surface area (Å²) in [6, 6.07) is 3.56. The number of nitrogens with zero attached hydrogens (tertiary/aromatic N) is 1. The van der Waals surface area contributed by atoms with Crippen molar-refractivity contribution in [3.63, 3.8) is 0 Å². The largest absolute Gasteiger partial charge is 0.465 e. The van der Waals surface area contributed by atoms with E-state index in [0.29, 0.717) is 11.3 Å². The number of nitrogens with two attached hydrogens (primary N) is 1. The van der Waals surface area contributed by atoms with Crippen LogP contribution in [0.15, 0.2) is 24.5 Å². The number of H-pyrrole nitrogens is 1. The first-order valence-electron chi connectivity index (χ1n) is 6.27. The van der Waals surface area contributed by atoms with Crippen LogP contribution >= 0.6 is 0 Å². The first-order chi connectivity index (χ1) is 9.52. The zero-order chi connectivity index (χ0) is 14.7. The quantitative estimate of drug-likeness (QED) is 0.587. The number of methoxy groups -OCH3 is 1. The van der Waals surface area contributed by atoms with Crippen LogP contribution in [0.4, 0.5) is 11.4 Å². The molecule has 0 saturated heterocycles. The Kier molecular flexibility index (Phi) is 3.93. The van der Waals surface area contributed by atoms with Gasteiger partial charge in [0.05, 0.1) is 18.7 Å². The molecule has 6 heteroatoms. The molecule has 0 bridgehead atoms. The minimum atomic E-state index is -0.445. The highest BCUT2D eigenvalue weighted by Crippen LogP contribution is 2.25. The van der Waals surface area contributed by atoms with Crippen molar-refractivity contribution in [1.29, 1.82) is 0 Å². The van der Waals surface area contributed by atoms with Crippen LogP contribution < -0.4 is 11.1 Å². The van der Waals surface area contributed by atoms with Gasteiger partial charge in [-0.1, -0.05) is 0 Å². The third-order valence-electron chi connectivity index (χ3n) is 3.10. The van der Waals surface area contributed by atoms with Gasteiger partial charge in [-0.2, -0.15) is 0 Å². The standard InChI is InChI=1S/C14H18N4O2/c1-8-6-10(7-11(12(8)15)14(19)20-3)18-9(2)13-16-4-5-17-13/h4-7,9,18H,15H2,1-3H3,(H,16,17). The molecule has 4 N–H and O–H groups in total. The molecule has 1 aromatic heterocycles. The Bertz CT molecular complexity index is 608. The maximum absolute atomic E-state index is 11.7. The van der Waals surface area contributed by atoms with Gasteiger partial charge in [-0.05, 0) is 31.5 Å². The van der Waals surface area contributed by atoms with E-state index in [1.165, 1.54) is 7.11 Å². The fourth-order valence-electron chi connectivity index (χ4n) is 1.99. The Hall–Kier alpha value is -2.50. The minimum absolute atomic E-state index is 0.0153. The molecule has 20 heavy (non-hydrogen) atoms. The molecule has 0 saturated carbocycles.